The second-order valence-electron chi connectivity index (χ2n) is 3.50. The number of ether oxygens (including phenoxy) is 1. The Labute approximate surface area is 169 Å². The van der Waals surface area contributed by atoms with E-state index in [1.165, 1.54) is 7.11 Å². The van der Waals surface area contributed by atoms with Crippen LogP contribution in [0.15, 0.2) is 16.6 Å². The number of methoxy groups -OCH3 is 1. The minimum atomic E-state index is -0.400. The number of hydrogen-bond donors (Lipinski definition) is 1. The summed E-state index contributed by atoms with van der Waals surface area (Å²) in [6.45, 7) is 3.83. The molecule has 2 rings (SSSR count). The third kappa shape index (κ3) is 4.13. The van der Waals surface area contributed by atoms with Gasteiger partial charge < -0.3 is 22.1 Å². The largest absolute Gasteiger partial charge is 0.464 e. The molecular formula is C12H12BrClNO3ReY-. The van der Waals surface area contributed by atoms with Gasteiger partial charge in [0.1, 0.15) is 5.69 Å². The van der Waals surface area contributed by atoms with E-state index in [4.69, 9.17) is 16.3 Å². The molecule has 0 fully saturated rings. The van der Waals surface area contributed by atoms with Gasteiger partial charge in [-0.05, 0) is 27.6 Å². The van der Waals surface area contributed by atoms with Crippen LogP contribution in [-0.4, -0.2) is 23.5 Å². The Hall–Kier alpha value is 0.726. The number of rotatable bonds is 2. The zero-order valence-electron chi connectivity index (χ0n) is 10.6. The molecule has 0 saturated heterocycles. The van der Waals surface area contributed by atoms with Crippen LogP contribution in [0.4, 0.5) is 0 Å². The van der Waals surface area contributed by atoms with E-state index in [9.17, 15) is 4.79 Å². The van der Waals surface area contributed by atoms with Gasteiger partial charge in [0, 0.05) is 58.5 Å². The fourth-order valence-electron chi connectivity index (χ4n) is 1.80. The predicted molar refractivity (Wildman–Crippen MR) is 75.0 cm³/mol. The minimum absolute atomic E-state index is 0. The minimum Gasteiger partial charge on any atom is -0.464 e. The number of halogens is 2. The predicted octanol–water partition coefficient (Wildman–Crippen LogP) is 2.92. The summed E-state index contributed by atoms with van der Waals surface area (Å²) in [4.78, 5) is 14.7. The van der Waals surface area contributed by atoms with Gasteiger partial charge in [0.15, 0.2) is 0 Å². The maximum Gasteiger partial charge on any atom is 0.354 e. The number of aromatic nitrogens is 1. The van der Waals surface area contributed by atoms with Crippen molar-refractivity contribution < 1.29 is 68.1 Å². The van der Waals surface area contributed by atoms with Crippen LogP contribution in [0.1, 0.15) is 16.1 Å². The molecule has 0 saturated carbocycles. The van der Waals surface area contributed by atoms with Crippen molar-refractivity contribution in [1.82, 2.24) is 4.98 Å². The number of H-pyrrole nitrogens is 1. The summed E-state index contributed by atoms with van der Waals surface area (Å²) in [5.41, 5.74) is 2.06. The van der Waals surface area contributed by atoms with Crippen LogP contribution in [0.5, 0.6) is 0 Å². The molecule has 0 unspecified atom stereocenters. The van der Waals surface area contributed by atoms with Crippen LogP contribution in [-0.2, 0) is 64.3 Å². The normalized spacial score (nSPS) is 9.20. The van der Waals surface area contributed by atoms with Crippen molar-refractivity contribution >= 4 is 44.4 Å². The summed E-state index contributed by atoms with van der Waals surface area (Å²) in [7, 11) is 1.35. The molecular weight excluding hydrogens is 597 g/mol. The van der Waals surface area contributed by atoms with E-state index in [0.717, 1.165) is 20.9 Å². The third-order valence-corrected chi connectivity index (χ3v) is 3.98. The van der Waals surface area contributed by atoms with E-state index in [1.807, 2.05) is 6.07 Å². The fourth-order valence-corrected chi connectivity index (χ4v) is 2.40. The molecule has 0 aliphatic carbocycles. The zero-order chi connectivity index (χ0) is 12.6. The molecule has 0 atom stereocenters. The first-order chi connectivity index (χ1) is 8.10. The first-order valence-corrected chi connectivity index (χ1v) is 6.13. The Bertz CT molecular complexity index is 606. The number of benzene rings is 1. The first kappa shape index (κ1) is 23.0. The summed E-state index contributed by atoms with van der Waals surface area (Å²) in [5, 5.41) is 1.52. The molecule has 2 aromatic rings. The molecule has 2 radical (unpaired) electrons. The van der Waals surface area contributed by atoms with Crippen LogP contribution in [0.2, 0.25) is 5.02 Å². The van der Waals surface area contributed by atoms with Gasteiger partial charge in [-0.15, -0.1) is 0 Å². The Morgan fingerprint density at radius 1 is 1.50 bits per heavy atom. The van der Waals surface area contributed by atoms with Crippen molar-refractivity contribution in [2.75, 3.05) is 7.11 Å². The standard InChI is InChI=1S/C12H10BrClNO2.H2O.Re.Y/c1-3-6-7-4-5-8(14)9(13)10(7)15-11(6)12(16)17-2;;;/h4-5,15H,1,3H2,2H3;1H2;;/q-1;;;. The van der Waals surface area contributed by atoms with Crippen LogP contribution >= 0.6 is 27.5 Å². The van der Waals surface area contributed by atoms with Crippen LogP contribution < -0.4 is 0 Å². The molecule has 1 aromatic carbocycles. The molecule has 0 bridgehead atoms. The second-order valence-corrected chi connectivity index (χ2v) is 4.70. The van der Waals surface area contributed by atoms with Crippen molar-refractivity contribution in [2.24, 2.45) is 0 Å². The molecule has 4 nitrogen and oxygen atoms in total. The van der Waals surface area contributed by atoms with Gasteiger partial charge in [-0.3, -0.25) is 0 Å². The maximum atomic E-state index is 11.6. The van der Waals surface area contributed by atoms with E-state index in [2.05, 4.69) is 27.8 Å². The van der Waals surface area contributed by atoms with Gasteiger partial charge in [0.2, 0.25) is 0 Å². The van der Waals surface area contributed by atoms with Gasteiger partial charge in [0.25, 0.3) is 0 Å². The number of esters is 1. The average molecular weight is 609 g/mol. The summed E-state index contributed by atoms with van der Waals surface area (Å²) in [6.07, 6.45) is 0.499. The third-order valence-electron chi connectivity index (χ3n) is 2.61. The molecule has 0 aliphatic rings. The Morgan fingerprint density at radius 2 is 2.10 bits per heavy atom. The van der Waals surface area contributed by atoms with E-state index >= 15 is 0 Å². The van der Waals surface area contributed by atoms with E-state index < -0.39 is 5.97 Å². The number of carbonyl (C=O) groups is 1. The van der Waals surface area contributed by atoms with Crippen LogP contribution in [0.25, 0.3) is 10.9 Å². The van der Waals surface area contributed by atoms with E-state index in [-0.39, 0.29) is 58.6 Å². The van der Waals surface area contributed by atoms with Crippen molar-refractivity contribution in [2.45, 2.75) is 6.42 Å². The number of nitrogens with one attached hydrogen (secondary N) is 1. The Kier molecular flexibility index (Phi) is 11.1. The van der Waals surface area contributed by atoms with Gasteiger partial charge in [-0.25, -0.2) is 4.79 Å². The van der Waals surface area contributed by atoms with Gasteiger partial charge in [-0.2, -0.15) is 6.42 Å². The quantitative estimate of drug-likeness (QED) is 0.421. The number of aromatic amines is 1. The fraction of sp³-hybridized carbons (Fsp3) is 0.167. The van der Waals surface area contributed by atoms with Gasteiger partial charge in [-0.1, -0.05) is 17.7 Å². The average Bonchev–Trinajstić information content (AvgIpc) is 2.72. The Balaban J connectivity index is 0. The maximum absolute atomic E-state index is 11.6. The number of fused-ring (bicyclic) bond motifs is 1. The van der Waals surface area contributed by atoms with Crippen molar-refractivity contribution in [3.63, 3.8) is 0 Å². The molecule has 108 valence electrons. The smallest absolute Gasteiger partial charge is 0.354 e. The number of carbonyl (C=O) groups excluding carboxylic acids is 1. The molecule has 3 N–H and O–H groups in total. The SMILES string of the molecule is O.[CH2-]Cc1c(C(=O)OC)[nH]c2c(Br)c(Cl)ccc12.[Re].[Y]. The summed E-state index contributed by atoms with van der Waals surface area (Å²) < 4.78 is 5.47. The second kappa shape index (κ2) is 9.68. The Morgan fingerprint density at radius 3 is 2.60 bits per heavy atom. The summed E-state index contributed by atoms with van der Waals surface area (Å²) in [6, 6.07) is 3.65. The van der Waals surface area contributed by atoms with E-state index in [1.54, 1.807) is 6.07 Å². The van der Waals surface area contributed by atoms with Crippen molar-refractivity contribution in [3.8, 4) is 0 Å². The molecule has 20 heavy (non-hydrogen) atoms. The molecule has 0 aliphatic heterocycles. The molecule has 1 heterocycles. The van der Waals surface area contributed by atoms with Crippen molar-refractivity contribution in [1.29, 1.82) is 0 Å². The summed E-state index contributed by atoms with van der Waals surface area (Å²) in [5.74, 6) is -0.400. The zero-order valence-corrected chi connectivity index (χ0v) is 18.5. The summed E-state index contributed by atoms with van der Waals surface area (Å²) >= 11 is 9.40. The molecule has 0 spiro atoms. The van der Waals surface area contributed by atoms with Crippen molar-refractivity contribution in [3.05, 3.63) is 39.8 Å². The first-order valence-electron chi connectivity index (χ1n) is 4.96. The van der Waals surface area contributed by atoms with Gasteiger partial charge in [0.05, 0.1) is 22.1 Å². The molecule has 1 aromatic heterocycles. The van der Waals surface area contributed by atoms with Gasteiger partial charge >= 0.3 is 5.97 Å². The monoisotopic (exact) mass is 608 g/mol. The topological polar surface area (TPSA) is 73.6 Å². The number of hydrogen-bond acceptors (Lipinski definition) is 2. The van der Waals surface area contributed by atoms with E-state index in [0.29, 0.717) is 17.1 Å². The van der Waals surface area contributed by atoms with Crippen LogP contribution in [0, 0.1) is 6.92 Å². The van der Waals surface area contributed by atoms with Crippen LogP contribution in [0.3, 0.4) is 0 Å². The molecule has 0 amide bonds. The molecule has 8 heteroatoms.